The second kappa shape index (κ2) is 7.80. The van der Waals surface area contributed by atoms with Crippen molar-refractivity contribution < 1.29 is 4.79 Å². The van der Waals surface area contributed by atoms with Gasteiger partial charge in [-0.3, -0.25) is 10.1 Å². The molecule has 0 bridgehead atoms. The van der Waals surface area contributed by atoms with Crippen LogP contribution in [0.15, 0.2) is 0 Å². The predicted octanol–water partition coefficient (Wildman–Crippen LogP) is 2.52. The number of fused-ring (bicyclic) bond motifs is 1. The Hall–Kier alpha value is -1.51. The molecule has 9 heteroatoms. The molecule has 0 radical (unpaired) electrons. The van der Waals surface area contributed by atoms with E-state index in [-0.39, 0.29) is 18.3 Å². The Morgan fingerprint density at radius 3 is 2.80 bits per heavy atom. The Balaban J connectivity index is 0.00000182. The van der Waals surface area contributed by atoms with E-state index in [1.165, 1.54) is 17.7 Å². The molecule has 0 saturated carbocycles. The summed E-state index contributed by atoms with van der Waals surface area (Å²) in [4.78, 5) is 18.4. The maximum atomic E-state index is 12.6. The van der Waals surface area contributed by atoms with Gasteiger partial charge in [0.1, 0.15) is 0 Å². The molecular formula is C16H23ClN6OS. The van der Waals surface area contributed by atoms with E-state index < -0.39 is 0 Å². The van der Waals surface area contributed by atoms with Crippen LogP contribution in [0.2, 0.25) is 0 Å². The molecule has 2 aliphatic rings. The first-order chi connectivity index (χ1) is 11.7. The molecule has 4 rings (SSSR count). The Kier molecular flexibility index (Phi) is 5.71. The lowest BCUT2D eigenvalue weighted by Crippen LogP contribution is -2.30. The molecular weight excluding hydrogens is 360 g/mol. The number of nitrogens with zero attached hydrogens (tertiary/aromatic N) is 4. The highest BCUT2D eigenvalue weighted by atomic mass is 35.5. The van der Waals surface area contributed by atoms with Crippen molar-refractivity contribution >= 4 is 34.8 Å². The standard InChI is InChI=1S/C16H22N6OS.ClH/c1-10-14(20-21-22(10)11-6-8-17-9-7-11)15(23)19-16-18-12-4-2-3-5-13(12)24-16;/h11,17H,2-9H2,1H3,(H,18,19,23);1H. The van der Waals surface area contributed by atoms with Crippen LogP contribution in [-0.4, -0.2) is 39.0 Å². The smallest absolute Gasteiger partial charge is 0.279 e. The Bertz CT molecular complexity index is 728. The molecule has 2 N–H and O–H groups in total. The number of carbonyl (C=O) groups excluding carboxylic acids is 1. The zero-order valence-electron chi connectivity index (χ0n) is 14.2. The van der Waals surface area contributed by atoms with Crippen molar-refractivity contribution in [3.8, 4) is 0 Å². The van der Waals surface area contributed by atoms with E-state index in [9.17, 15) is 4.79 Å². The molecule has 3 heterocycles. The Morgan fingerprint density at radius 2 is 2.04 bits per heavy atom. The summed E-state index contributed by atoms with van der Waals surface area (Å²) in [5.74, 6) is -0.209. The van der Waals surface area contributed by atoms with Gasteiger partial charge in [-0.25, -0.2) is 9.67 Å². The van der Waals surface area contributed by atoms with E-state index in [2.05, 4.69) is 25.9 Å². The third-order valence-corrected chi connectivity index (χ3v) is 5.94. The first kappa shape index (κ1) is 18.3. The average molecular weight is 383 g/mol. The van der Waals surface area contributed by atoms with Crippen LogP contribution < -0.4 is 10.6 Å². The Morgan fingerprint density at radius 1 is 1.28 bits per heavy atom. The highest BCUT2D eigenvalue weighted by Crippen LogP contribution is 2.30. The number of piperidine rings is 1. The van der Waals surface area contributed by atoms with Crippen LogP contribution in [-0.2, 0) is 12.8 Å². The summed E-state index contributed by atoms with van der Waals surface area (Å²) in [5, 5.41) is 15.3. The van der Waals surface area contributed by atoms with Crippen LogP contribution in [0.4, 0.5) is 5.13 Å². The monoisotopic (exact) mass is 382 g/mol. The van der Waals surface area contributed by atoms with Gasteiger partial charge in [0, 0.05) is 4.88 Å². The molecule has 0 unspecified atom stereocenters. The highest BCUT2D eigenvalue weighted by Gasteiger charge is 2.24. The third-order valence-electron chi connectivity index (χ3n) is 4.86. The zero-order valence-corrected chi connectivity index (χ0v) is 15.9. The number of carbonyl (C=O) groups is 1. The van der Waals surface area contributed by atoms with E-state index in [1.807, 2.05) is 11.6 Å². The summed E-state index contributed by atoms with van der Waals surface area (Å²) in [6.07, 6.45) is 6.54. The summed E-state index contributed by atoms with van der Waals surface area (Å²) in [7, 11) is 0. The van der Waals surface area contributed by atoms with Crippen LogP contribution in [0.3, 0.4) is 0 Å². The number of halogens is 1. The van der Waals surface area contributed by atoms with Gasteiger partial charge < -0.3 is 5.32 Å². The predicted molar refractivity (Wildman–Crippen MR) is 99.9 cm³/mol. The van der Waals surface area contributed by atoms with Crippen molar-refractivity contribution in [3.05, 3.63) is 22.0 Å². The molecule has 1 amide bonds. The number of aromatic nitrogens is 4. The summed E-state index contributed by atoms with van der Waals surface area (Å²) < 4.78 is 1.91. The zero-order chi connectivity index (χ0) is 16.5. The van der Waals surface area contributed by atoms with Crippen LogP contribution in [0.25, 0.3) is 0 Å². The van der Waals surface area contributed by atoms with E-state index in [0.29, 0.717) is 16.9 Å². The molecule has 1 fully saturated rings. The van der Waals surface area contributed by atoms with Crippen molar-refractivity contribution in [2.45, 2.75) is 51.5 Å². The van der Waals surface area contributed by atoms with Gasteiger partial charge >= 0.3 is 0 Å². The molecule has 2 aromatic heterocycles. The summed E-state index contributed by atoms with van der Waals surface area (Å²) >= 11 is 1.59. The second-order valence-electron chi connectivity index (χ2n) is 6.50. The first-order valence-electron chi connectivity index (χ1n) is 8.65. The second-order valence-corrected chi connectivity index (χ2v) is 7.58. The maximum absolute atomic E-state index is 12.6. The number of nitrogens with one attached hydrogen (secondary N) is 2. The molecule has 7 nitrogen and oxygen atoms in total. The van der Waals surface area contributed by atoms with Crippen molar-refractivity contribution in [3.63, 3.8) is 0 Å². The lowest BCUT2D eigenvalue weighted by Gasteiger charge is -2.23. The number of rotatable bonds is 3. The van der Waals surface area contributed by atoms with Gasteiger partial charge in [-0.05, 0) is 58.5 Å². The number of hydrogen-bond acceptors (Lipinski definition) is 6. The largest absolute Gasteiger partial charge is 0.317 e. The molecule has 1 saturated heterocycles. The van der Waals surface area contributed by atoms with Gasteiger partial charge in [0.25, 0.3) is 5.91 Å². The van der Waals surface area contributed by atoms with Gasteiger partial charge in [-0.15, -0.1) is 28.8 Å². The molecule has 0 atom stereocenters. The summed E-state index contributed by atoms with van der Waals surface area (Å²) in [6.45, 7) is 3.89. The van der Waals surface area contributed by atoms with Gasteiger partial charge in [0.05, 0.1) is 17.4 Å². The van der Waals surface area contributed by atoms with Crippen molar-refractivity contribution in [2.75, 3.05) is 18.4 Å². The molecule has 136 valence electrons. The van der Waals surface area contributed by atoms with E-state index in [0.717, 1.165) is 50.2 Å². The molecule has 25 heavy (non-hydrogen) atoms. The highest BCUT2D eigenvalue weighted by molar-refractivity contribution is 7.15. The van der Waals surface area contributed by atoms with Crippen molar-refractivity contribution in [2.24, 2.45) is 0 Å². The van der Waals surface area contributed by atoms with Gasteiger partial charge in [-0.2, -0.15) is 0 Å². The molecule has 0 aromatic carbocycles. The third kappa shape index (κ3) is 3.70. The number of hydrogen-bond donors (Lipinski definition) is 2. The topological polar surface area (TPSA) is 84.7 Å². The normalized spacial score (nSPS) is 17.6. The van der Waals surface area contributed by atoms with E-state index in [1.54, 1.807) is 11.3 Å². The van der Waals surface area contributed by atoms with Crippen LogP contribution in [0, 0.1) is 6.92 Å². The Labute approximate surface area is 157 Å². The summed E-state index contributed by atoms with van der Waals surface area (Å²) in [5.41, 5.74) is 2.39. The lowest BCUT2D eigenvalue weighted by molar-refractivity contribution is 0.102. The SMILES string of the molecule is Cc1c(C(=O)Nc2nc3c(s2)CCCC3)nnn1C1CCNCC1.Cl. The molecule has 1 aliphatic heterocycles. The fourth-order valence-corrected chi connectivity index (χ4v) is 4.56. The fourth-order valence-electron chi connectivity index (χ4n) is 3.51. The van der Waals surface area contributed by atoms with Crippen molar-refractivity contribution in [1.29, 1.82) is 0 Å². The van der Waals surface area contributed by atoms with Crippen LogP contribution >= 0.6 is 23.7 Å². The summed E-state index contributed by atoms with van der Waals surface area (Å²) in [6, 6.07) is 0.326. The number of anilines is 1. The average Bonchev–Trinajstić information content (AvgIpc) is 3.18. The quantitative estimate of drug-likeness (QED) is 0.852. The van der Waals surface area contributed by atoms with E-state index >= 15 is 0 Å². The van der Waals surface area contributed by atoms with Gasteiger partial charge in [0.15, 0.2) is 10.8 Å². The van der Waals surface area contributed by atoms with Crippen LogP contribution in [0.5, 0.6) is 0 Å². The molecule has 2 aromatic rings. The maximum Gasteiger partial charge on any atom is 0.279 e. The van der Waals surface area contributed by atoms with Crippen molar-refractivity contribution in [1.82, 2.24) is 25.3 Å². The van der Waals surface area contributed by atoms with Crippen LogP contribution in [0.1, 0.15) is 58.5 Å². The number of thiazole rings is 1. The fraction of sp³-hybridized carbons (Fsp3) is 0.625. The van der Waals surface area contributed by atoms with Gasteiger partial charge in [-0.1, -0.05) is 5.21 Å². The minimum Gasteiger partial charge on any atom is -0.317 e. The molecule has 1 aliphatic carbocycles. The number of aryl methyl sites for hydroxylation is 2. The lowest BCUT2D eigenvalue weighted by atomic mass is 10.0. The van der Waals surface area contributed by atoms with E-state index in [4.69, 9.17) is 0 Å². The number of amides is 1. The minimum atomic E-state index is -0.209. The molecule has 0 spiro atoms. The van der Waals surface area contributed by atoms with Gasteiger partial charge in [0.2, 0.25) is 0 Å². The first-order valence-corrected chi connectivity index (χ1v) is 9.46. The minimum absolute atomic E-state index is 0.